The third-order valence-corrected chi connectivity index (χ3v) is 9.99. The minimum Gasteiger partial charge on any atom is -0.339 e. The molecule has 0 atom stereocenters. The van der Waals surface area contributed by atoms with Crippen LogP contribution in [-0.2, 0) is 16.0 Å². The number of carbonyl (C=O) groups is 2. The van der Waals surface area contributed by atoms with E-state index in [1.54, 1.807) is 11.3 Å². The van der Waals surface area contributed by atoms with Crippen molar-refractivity contribution in [1.82, 2.24) is 19.2 Å². The fraction of sp³-hybridized carbons (Fsp3) is 0.536. The van der Waals surface area contributed by atoms with E-state index in [4.69, 9.17) is 4.98 Å². The Balaban J connectivity index is 0.999. The van der Waals surface area contributed by atoms with E-state index in [0.29, 0.717) is 38.5 Å². The minimum atomic E-state index is -0.0822. The first kappa shape index (κ1) is 21.6. The van der Waals surface area contributed by atoms with Crippen LogP contribution in [0.3, 0.4) is 0 Å². The van der Waals surface area contributed by atoms with Gasteiger partial charge in [-0.1, -0.05) is 30.3 Å². The SMILES string of the molecule is O=C(Cc1csc2nc(-c3ccccc3)cn12)N1CCN(C(=O)C23CC4CC(CC(C4)C2)C3)CC1. The smallest absolute Gasteiger partial charge is 0.228 e. The van der Waals surface area contributed by atoms with Crippen LogP contribution in [0, 0.1) is 23.2 Å². The van der Waals surface area contributed by atoms with E-state index in [-0.39, 0.29) is 11.3 Å². The second kappa shape index (κ2) is 8.19. The van der Waals surface area contributed by atoms with E-state index in [2.05, 4.69) is 21.4 Å². The molecule has 2 aromatic heterocycles. The van der Waals surface area contributed by atoms with Gasteiger partial charge in [0.15, 0.2) is 4.96 Å². The van der Waals surface area contributed by atoms with Crippen LogP contribution in [0.25, 0.3) is 16.2 Å². The molecule has 182 valence electrons. The van der Waals surface area contributed by atoms with Crippen molar-refractivity contribution < 1.29 is 9.59 Å². The highest BCUT2D eigenvalue weighted by atomic mass is 32.1. The van der Waals surface area contributed by atoms with Gasteiger partial charge in [-0.2, -0.15) is 0 Å². The minimum absolute atomic E-state index is 0.0822. The van der Waals surface area contributed by atoms with Gasteiger partial charge in [0.05, 0.1) is 17.5 Å². The van der Waals surface area contributed by atoms with E-state index in [0.717, 1.165) is 58.9 Å². The summed E-state index contributed by atoms with van der Waals surface area (Å²) in [6.45, 7) is 2.63. The van der Waals surface area contributed by atoms with Gasteiger partial charge in [0, 0.05) is 49.0 Å². The molecule has 4 aliphatic carbocycles. The highest BCUT2D eigenvalue weighted by Gasteiger charge is 2.55. The van der Waals surface area contributed by atoms with Crippen LogP contribution in [0.4, 0.5) is 0 Å². The third kappa shape index (κ3) is 3.70. The molecule has 35 heavy (non-hydrogen) atoms. The predicted octanol–water partition coefficient (Wildman–Crippen LogP) is 4.49. The maximum Gasteiger partial charge on any atom is 0.228 e. The Labute approximate surface area is 209 Å². The number of fused-ring (bicyclic) bond motifs is 1. The fourth-order valence-electron chi connectivity index (χ4n) is 7.84. The molecule has 1 aromatic carbocycles. The van der Waals surface area contributed by atoms with Gasteiger partial charge in [0.2, 0.25) is 11.8 Å². The number of thiazole rings is 1. The molecule has 4 saturated carbocycles. The summed E-state index contributed by atoms with van der Waals surface area (Å²) in [5.41, 5.74) is 2.92. The lowest BCUT2D eigenvalue weighted by Gasteiger charge is -2.57. The van der Waals surface area contributed by atoms with Crippen LogP contribution >= 0.6 is 11.3 Å². The van der Waals surface area contributed by atoms with Crippen LogP contribution in [0.15, 0.2) is 41.9 Å². The lowest BCUT2D eigenvalue weighted by molar-refractivity contribution is -0.160. The largest absolute Gasteiger partial charge is 0.339 e. The number of amides is 2. The molecular formula is C28H32N4O2S. The van der Waals surface area contributed by atoms with Crippen LogP contribution < -0.4 is 0 Å². The van der Waals surface area contributed by atoms with E-state index in [9.17, 15) is 9.59 Å². The molecule has 7 heteroatoms. The topological polar surface area (TPSA) is 57.9 Å². The van der Waals surface area contributed by atoms with Gasteiger partial charge < -0.3 is 9.80 Å². The Kier molecular flexibility index (Phi) is 5.05. The van der Waals surface area contributed by atoms with Crippen molar-refractivity contribution in [3.05, 3.63) is 47.6 Å². The number of nitrogens with zero attached hydrogens (tertiary/aromatic N) is 4. The van der Waals surface area contributed by atoms with E-state index in [1.165, 1.54) is 19.3 Å². The molecule has 0 spiro atoms. The molecule has 0 unspecified atom stereocenters. The molecular weight excluding hydrogens is 456 g/mol. The Morgan fingerprint density at radius 2 is 1.54 bits per heavy atom. The van der Waals surface area contributed by atoms with Crippen molar-refractivity contribution in [1.29, 1.82) is 0 Å². The monoisotopic (exact) mass is 488 g/mol. The lowest BCUT2D eigenvalue weighted by atomic mass is 9.49. The number of carbonyl (C=O) groups excluding carboxylic acids is 2. The summed E-state index contributed by atoms with van der Waals surface area (Å²) in [4.78, 5) is 36.5. The molecule has 2 amide bonds. The van der Waals surface area contributed by atoms with Crippen molar-refractivity contribution in [2.75, 3.05) is 26.2 Å². The molecule has 3 heterocycles. The quantitative estimate of drug-likeness (QED) is 0.544. The summed E-state index contributed by atoms with van der Waals surface area (Å²) in [7, 11) is 0. The van der Waals surface area contributed by atoms with Crippen LogP contribution in [-0.4, -0.2) is 57.2 Å². The summed E-state index contributed by atoms with van der Waals surface area (Å²) in [6, 6.07) is 10.1. The van der Waals surface area contributed by atoms with E-state index >= 15 is 0 Å². The van der Waals surface area contributed by atoms with Gasteiger partial charge in [-0.3, -0.25) is 14.0 Å². The first-order valence-electron chi connectivity index (χ1n) is 13.1. The van der Waals surface area contributed by atoms with Crippen molar-refractivity contribution in [3.63, 3.8) is 0 Å². The van der Waals surface area contributed by atoms with E-state index < -0.39 is 0 Å². The molecule has 0 radical (unpaired) electrons. The fourth-order valence-corrected chi connectivity index (χ4v) is 8.71. The lowest BCUT2D eigenvalue weighted by Crippen LogP contribution is -2.58. The second-order valence-electron chi connectivity index (χ2n) is 11.4. The summed E-state index contributed by atoms with van der Waals surface area (Å²) in [5.74, 6) is 2.87. The third-order valence-electron chi connectivity index (χ3n) is 9.10. The maximum atomic E-state index is 13.7. The summed E-state index contributed by atoms with van der Waals surface area (Å²) in [6.07, 6.45) is 9.81. The van der Waals surface area contributed by atoms with Crippen LogP contribution in [0.1, 0.15) is 44.2 Å². The second-order valence-corrected chi connectivity index (χ2v) is 12.3. The molecule has 1 aliphatic heterocycles. The molecule has 8 rings (SSSR count). The van der Waals surface area contributed by atoms with Gasteiger partial charge in [-0.05, 0) is 56.3 Å². The number of benzene rings is 1. The van der Waals surface area contributed by atoms with Crippen molar-refractivity contribution in [3.8, 4) is 11.3 Å². The number of hydrogen-bond donors (Lipinski definition) is 0. The highest BCUT2D eigenvalue weighted by Crippen LogP contribution is 2.60. The molecule has 4 bridgehead atoms. The zero-order chi connectivity index (χ0) is 23.6. The van der Waals surface area contributed by atoms with Crippen LogP contribution in [0.5, 0.6) is 0 Å². The molecule has 0 N–H and O–H groups in total. The molecule has 1 saturated heterocycles. The Bertz CT molecular complexity index is 1240. The Morgan fingerprint density at radius 1 is 0.914 bits per heavy atom. The number of piperazine rings is 1. The zero-order valence-electron chi connectivity index (χ0n) is 20.1. The molecule has 6 nitrogen and oxygen atoms in total. The van der Waals surface area contributed by atoms with Gasteiger partial charge in [0.25, 0.3) is 0 Å². The van der Waals surface area contributed by atoms with Gasteiger partial charge in [0.1, 0.15) is 0 Å². The highest BCUT2D eigenvalue weighted by molar-refractivity contribution is 7.15. The molecule has 5 fully saturated rings. The van der Waals surface area contributed by atoms with Crippen molar-refractivity contribution in [2.24, 2.45) is 23.2 Å². The van der Waals surface area contributed by atoms with Crippen LogP contribution in [0.2, 0.25) is 0 Å². The molecule has 3 aromatic rings. The number of hydrogen-bond acceptors (Lipinski definition) is 4. The van der Waals surface area contributed by atoms with Crippen molar-refractivity contribution >= 4 is 28.1 Å². The average molecular weight is 489 g/mol. The normalized spacial score (nSPS) is 29.8. The summed E-state index contributed by atoms with van der Waals surface area (Å²) in [5, 5.41) is 2.04. The Morgan fingerprint density at radius 3 is 2.20 bits per heavy atom. The van der Waals surface area contributed by atoms with Gasteiger partial charge in [-0.15, -0.1) is 11.3 Å². The standard InChI is InChI=1S/C28H32N4O2S/c33-25(13-23-18-35-27-29-24(17-32(23)27)22-4-2-1-3-5-22)30-6-8-31(9-7-30)26(34)28-14-19-10-20(15-28)12-21(11-19)16-28/h1-5,17-21H,6-16H2. The van der Waals surface area contributed by atoms with Gasteiger partial charge >= 0.3 is 0 Å². The van der Waals surface area contributed by atoms with E-state index in [1.807, 2.05) is 34.7 Å². The van der Waals surface area contributed by atoms with Crippen molar-refractivity contribution in [2.45, 2.75) is 44.9 Å². The number of imidazole rings is 1. The summed E-state index contributed by atoms with van der Waals surface area (Å²) < 4.78 is 2.05. The predicted molar refractivity (Wildman–Crippen MR) is 136 cm³/mol. The number of aromatic nitrogens is 2. The molecule has 5 aliphatic rings. The van der Waals surface area contributed by atoms with Gasteiger partial charge in [-0.25, -0.2) is 4.98 Å². The number of rotatable bonds is 4. The zero-order valence-corrected chi connectivity index (χ0v) is 20.9. The Hall–Kier alpha value is -2.67. The maximum absolute atomic E-state index is 13.7. The first-order valence-corrected chi connectivity index (χ1v) is 14.0. The summed E-state index contributed by atoms with van der Waals surface area (Å²) >= 11 is 1.58. The average Bonchev–Trinajstić information content (AvgIpc) is 3.45. The first-order chi connectivity index (χ1) is 17.1.